The number of nitrogen functional groups attached to an aromatic ring is 1. The molecule has 142 valence electrons. The molecule has 1 atom stereocenters. The van der Waals surface area contributed by atoms with Crippen molar-refractivity contribution in [3.63, 3.8) is 0 Å². The number of carbonyl (C=O) groups is 1. The Balaban J connectivity index is 2.34. The lowest BCUT2D eigenvalue weighted by Crippen LogP contribution is -2.31. The maximum absolute atomic E-state index is 13.0. The predicted octanol–water partition coefficient (Wildman–Crippen LogP) is 2.61. The molecule has 0 spiro atoms. The summed E-state index contributed by atoms with van der Waals surface area (Å²) in [6.07, 6.45) is 2.45. The van der Waals surface area contributed by atoms with E-state index in [1.807, 2.05) is 0 Å². The van der Waals surface area contributed by atoms with E-state index in [4.69, 9.17) is 15.9 Å². The molecule has 0 bridgehead atoms. The van der Waals surface area contributed by atoms with Crippen molar-refractivity contribution in [3.05, 3.63) is 65.0 Å². The van der Waals surface area contributed by atoms with Gasteiger partial charge in [-0.3, -0.25) is 4.79 Å². The first-order valence-corrected chi connectivity index (χ1v) is 8.28. The SMILES string of the molecule is COc1c(C(=O)NC[C@@H](C)O)ccc(N)c1C(=N)/C=C/c1ccc(F)cc1. The minimum atomic E-state index is -0.690. The quantitative estimate of drug-likeness (QED) is 0.443. The van der Waals surface area contributed by atoms with Crippen LogP contribution in [0.5, 0.6) is 5.75 Å². The van der Waals surface area contributed by atoms with Crippen LogP contribution >= 0.6 is 0 Å². The van der Waals surface area contributed by atoms with E-state index in [9.17, 15) is 14.3 Å². The van der Waals surface area contributed by atoms with E-state index in [0.29, 0.717) is 5.56 Å². The van der Waals surface area contributed by atoms with Crippen LogP contribution in [0, 0.1) is 11.2 Å². The summed E-state index contributed by atoms with van der Waals surface area (Å²) < 4.78 is 18.3. The van der Waals surface area contributed by atoms with Crippen LogP contribution in [0.1, 0.15) is 28.4 Å². The monoisotopic (exact) mass is 371 g/mol. The van der Waals surface area contributed by atoms with Crippen molar-refractivity contribution in [1.29, 1.82) is 5.41 Å². The Hall–Kier alpha value is -3.19. The number of halogens is 1. The van der Waals surface area contributed by atoms with Crippen molar-refractivity contribution in [3.8, 4) is 5.75 Å². The van der Waals surface area contributed by atoms with Gasteiger partial charge in [-0.15, -0.1) is 0 Å². The van der Waals surface area contributed by atoms with Crippen molar-refractivity contribution in [1.82, 2.24) is 5.32 Å². The van der Waals surface area contributed by atoms with Gasteiger partial charge in [0.15, 0.2) is 0 Å². The number of amides is 1. The lowest BCUT2D eigenvalue weighted by atomic mass is 10.0. The summed E-state index contributed by atoms with van der Waals surface area (Å²) in [5.41, 5.74) is 7.53. The zero-order valence-electron chi connectivity index (χ0n) is 15.1. The highest BCUT2D eigenvalue weighted by atomic mass is 19.1. The van der Waals surface area contributed by atoms with Gasteiger partial charge in [0.1, 0.15) is 11.6 Å². The highest BCUT2D eigenvalue weighted by Crippen LogP contribution is 2.30. The molecule has 0 aliphatic carbocycles. The van der Waals surface area contributed by atoms with Crippen molar-refractivity contribution >= 4 is 23.4 Å². The topological polar surface area (TPSA) is 108 Å². The zero-order valence-corrected chi connectivity index (χ0v) is 15.1. The maximum Gasteiger partial charge on any atom is 0.255 e. The second-order valence-corrected chi connectivity index (χ2v) is 5.97. The summed E-state index contributed by atoms with van der Waals surface area (Å²) >= 11 is 0. The summed E-state index contributed by atoms with van der Waals surface area (Å²) in [6.45, 7) is 1.64. The molecule has 0 aromatic heterocycles. The first-order chi connectivity index (χ1) is 12.8. The fraction of sp³-hybridized carbons (Fsp3) is 0.200. The molecule has 2 aromatic rings. The number of allylic oxidation sites excluding steroid dienone is 1. The van der Waals surface area contributed by atoms with E-state index in [1.165, 1.54) is 37.5 Å². The molecule has 2 aromatic carbocycles. The summed E-state index contributed by atoms with van der Waals surface area (Å²) in [7, 11) is 1.39. The van der Waals surface area contributed by atoms with Gasteiger partial charge < -0.3 is 26.3 Å². The van der Waals surface area contributed by atoms with Crippen LogP contribution in [0.2, 0.25) is 0 Å². The summed E-state index contributed by atoms with van der Waals surface area (Å²) in [4.78, 5) is 12.4. The highest BCUT2D eigenvalue weighted by Gasteiger charge is 2.20. The van der Waals surface area contributed by atoms with E-state index >= 15 is 0 Å². The van der Waals surface area contributed by atoms with Crippen LogP contribution < -0.4 is 15.8 Å². The number of nitrogens with two attached hydrogens (primary N) is 1. The van der Waals surface area contributed by atoms with Crippen LogP contribution in [-0.4, -0.2) is 36.5 Å². The van der Waals surface area contributed by atoms with Gasteiger partial charge in [-0.2, -0.15) is 0 Å². The van der Waals surface area contributed by atoms with Crippen LogP contribution in [0.15, 0.2) is 42.5 Å². The molecule has 0 fully saturated rings. The first-order valence-electron chi connectivity index (χ1n) is 8.28. The van der Waals surface area contributed by atoms with E-state index in [-0.39, 0.29) is 40.6 Å². The van der Waals surface area contributed by atoms with Gasteiger partial charge in [0.25, 0.3) is 5.91 Å². The average Bonchev–Trinajstić information content (AvgIpc) is 2.64. The Morgan fingerprint density at radius 3 is 2.59 bits per heavy atom. The van der Waals surface area contributed by atoms with Crippen molar-refractivity contribution < 1.29 is 19.0 Å². The Bertz CT molecular complexity index is 862. The number of benzene rings is 2. The number of nitrogens with one attached hydrogen (secondary N) is 2. The first kappa shape index (κ1) is 20.1. The minimum absolute atomic E-state index is 0.0406. The Kier molecular flexibility index (Phi) is 6.67. The largest absolute Gasteiger partial charge is 0.495 e. The Labute approximate surface area is 157 Å². The van der Waals surface area contributed by atoms with Crippen LogP contribution in [0.25, 0.3) is 6.08 Å². The van der Waals surface area contributed by atoms with Gasteiger partial charge in [-0.05, 0) is 42.8 Å². The van der Waals surface area contributed by atoms with Crippen molar-refractivity contribution in [2.24, 2.45) is 0 Å². The molecule has 0 aliphatic rings. The minimum Gasteiger partial charge on any atom is -0.495 e. The zero-order chi connectivity index (χ0) is 20.0. The van der Waals surface area contributed by atoms with Crippen LogP contribution in [-0.2, 0) is 0 Å². The molecule has 1 amide bonds. The van der Waals surface area contributed by atoms with E-state index in [1.54, 1.807) is 25.1 Å². The Morgan fingerprint density at radius 2 is 2.00 bits per heavy atom. The molecule has 6 nitrogen and oxygen atoms in total. The number of aliphatic hydroxyl groups is 1. The third-order valence-electron chi connectivity index (χ3n) is 3.78. The molecule has 0 saturated carbocycles. The molecule has 27 heavy (non-hydrogen) atoms. The van der Waals surface area contributed by atoms with Gasteiger partial charge >= 0.3 is 0 Å². The van der Waals surface area contributed by atoms with Gasteiger partial charge in [0, 0.05) is 12.2 Å². The molecule has 0 heterocycles. The molecular weight excluding hydrogens is 349 g/mol. The number of hydrogen-bond donors (Lipinski definition) is 4. The predicted molar refractivity (Wildman–Crippen MR) is 104 cm³/mol. The van der Waals surface area contributed by atoms with Gasteiger partial charge in [0.2, 0.25) is 0 Å². The average molecular weight is 371 g/mol. The van der Waals surface area contributed by atoms with Gasteiger partial charge in [-0.25, -0.2) is 4.39 Å². The van der Waals surface area contributed by atoms with Crippen LogP contribution in [0.4, 0.5) is 10.1 Å². The standard InChI is InChI=1S/C20H22FN3O3/c1-12(25)11-24-20(26)15-8-10-17(23)18(19(15)27-2)16(22)9-5-13-3-6-14(21)7-4-13/h3-10,12,22,25H,11,23H2,1-2H3,(H,24,26)/b9-5+,22-16?/t12-/m1/s1. The molecule has 0 radical (unpaired) electrons. The second kappa shape index (κ2) is 8.95. The number of rotatable bonds is 7. The number of methoxy groups -OCH3 is 1. The van der Waals surface area contributed by atoms with Crippen molar-refractivity contribution in [2.45, 2.75) is 13.0 Å². The fourth-order valence-electron chi connectivity index (χ4n) is 2.44. The maximum atomic E-state index is 13.0. The molecular formula is C20H22FN3O3. The lowest BCUT2D eigenvalue weighted by molar-refractivity contribution is 0.0921. The van der Waals surface area contributed by atoms with E-state index in [2.05, 4.69) is 5.32 Å². The van der Waals surface area contributed by atoms with Gasteiger partial charge in [0.05, 0.1) is 30.1 Å². The molecule has 0 saturated heterocycles. The van der Waals surface area contributed by atoms with Crippen LogP contribution in [0.3, 0.4) is 0 Å². The number of carbonyl (C=O) groups excluding carboxylic acids is 1. The molecule has 5 N–H and O–H groups in total. The third-order valence-corrected chi connectivity index (χ3v) is 3.78. The number of anilines is 1. The Morgan fingerprint density at radius 1 is 1.33 bits per heavy atom. The normalized spacial score (nSPS) is 12.0. The van der Waals surface area contributed by atoms with Gasteiger partial charge in [-0.1, -0.05) is 18.2 Å². The number of ether oxygens (including phenoxy) is 1. The lowest BCUT2D eigenvalue weighted by Gasteiger charge is -2.15. The third kappa shape index (κ3) is 5.15. The highest BCUT2D eigenvalue weighted by molar-refractivity contribution is 6.15. The second-order valence-electron chi connectivity index (χ2n) is 5.97. The smallest absolute Gasteiger partial charge is 0.255 e. The van der Waals surface area contributed by atoms with E-state index in [0.717, 1.165) is 0 Å². The fourth-order valence-corrected chi connectivity index (χ4v) is 2.44. The number of hydrogen-bond acceptors (Lipinski definition) is 5. The number of aliphatic hydroxyl groups excluding tert-OH is 1. The summed E-state index contributed by atoms with van der Waals surface area (Å²) in [6, 6.07) is 8.84. The molecule has 0 aliphatic heterocycles. The molecule has 7 heteroatoms. The van der Waals surface area contributed by atoms with Crippen molar-refractivity contribution in [2.75, 3.05) is 19.4 Å². The summed E-state index contributed by atoms with van der Waals surface area (Å²) in [5.74, 6) is -0.611. The molecule has 0 unspecified atom stereocenters. The summed E-state index contributed by atoms with van der Waals surface area (Å²) in [5, 5.41) is 20.2. The van der Waals surface area contributed by atoms with E-state index < -0.39 is 12.0 Å². The molecule has 2 rings (SSSR count).